The van der Waals surface area contributed by atoms with Crippen molar-refractivity contribution in [2.45, 2.75) is 39.7 Å². The van der Waals surface area contributed by atoms with Gasteiger partial charge in [0.05, 0.1) is 6.26 Å². The molecule has 1 unspecified atom stereocenters. The fourth-order valence-electron chi connectivity index (χ4n) is 2.56. The summed E-state index contributed by atoms with van der Waals surface area (Å²) in [7, 11) is 1.76. The third-order valence-corrected chi connectivity index (χ3v) is 4.93. The Morgan fingerprint density at radius 1 is 1.23 bits per heavy atom. The highest BCUT2D eigenvalue weighted by Crippen LogP contribution is 2.16. The molecule has 1 atom stereocenters. The van der Waals surface area contributed by atoms with Gasteiger partial charge in [0.15, 0.2) is 11.7 Å². The van der Waals surface area contributed by atoms with Gasteiger partial charge < -0.3 is 20.4 Å². The van der Waals surface area contributed by atoms with Gasteiger partial charge in [-0.15, -0.1) is 11.3 Å². The van der Waals surface area contributed by atoms with Gasteiger partial charge in [0.2, 0.25) is 0 Å². The second-order valence-corrected chi connectivity index (χ2v) is 7.68. The van der Waals surface area contributed by atoms with Crippen LogP contribution in [0.3, 0.4) is 0 Å². The quantitative estimate of drug-likeness (QED) is 0.376. The van der Waals surface area contributed by atoms with Crippen LogP contribution in [0.25, 0.3) is 0 Å². The van der Waals surface area contributed by atoms with Crippen molar-refractivity contribution in [1.29, 1.82) is 0 Å². The number of aryl methyl sites for hydroxylation is 2. The van der Waals surface area contributed by atoms with E-state index in [4.69, 9.17) is 4.42 Å². The minimum Gasteiger partial charge on any atom is -0.459 e. The van der Waals surface area contributed by atoms with Crippen molar-refractivity contribution >= 4 is 23.2 Å². The van der Waals surface area contributed by atoms with Crippen LogP contribution in [0.4, 0.5) is 0 Å². The van der Waals surface area contributed by atoms with Gasteiger partial charge in [0, 0.05) is 47.9 Å². The molecule has 6 nitrogen and oxygen atoms in total. The number of hydrogen-bond donors (Lipinski definition) is 3. The topological polar surface area (TPSA) is 78.7 Å². The lowest BCUT2D eigenvalue weighted by Gasteiger charge is -2.17. The van der Waals surface area contributed by atoms with E-state index >= 15 is 0 Å². The SMILES string of the molecule is CN=C(NCCCNC(=O)c1occc1C)NC(C)Cc1ccc(C)s1. The van der Waals surface area contributed by atoms with Gasteiger partial charge >= 0.3 is 0 Å². The number of thiophene rings is 1. The van der Waals surface area contributed by atoms with Crippen molar-refractivity contribution in [2.24, 2.45) is 4.99 Å². The van der Waals surface area contributed by atoms with E-state index in [1.54, 1.807) is 13.1 Å². The van der Waals surface area contributed by atoms with Crippen LogP contribution in [-0.4, -0.2) is 38.0 Å². The van der Waals surface area contributed by atoms with Crippen molar-refractivity contribution in [3.8, 4) is 0 Å². The van der Waals surface area contributed by atoms with Crippen LogP contribution in [-0.2, 0) is 6.42 Å². The van der Waals surface area contributed by atoms with E-state index in [1.807, 2.05) is 18.3 Å². The molecule has 142 valence electrons. The summed E-state index contributed by atoms with van der Waals surface area (Å²) in [6.45, 7) is 7.43. The van der Waals surface area contributed by atoms with Crippen LogP contribution in [0.5, 0.6) is 0 Å². The average molecular weight is 377 g/mol. The largest absolute Gasteiger partial charge is 0.459 e. The van der Waals surface area contributed by atoms with Crippen LogP contribution < -0.4 is 16.0 Å². The van der Waals surface area contributed by atoms with Crippen LogP contribution in [0.2, 0.25) is 0 Å². The molecule has 26 heavy (non-hydrogen) atoms. The molecule has 0 aliphatic heterocycles. The van der Waals surface area contributed by atoms with Crippen LogP contribution >= 0.6 is 11.3 Å². The third kappa shape index (κ3) is 6.22. The zero-order chi connectivity index (χ0) is 18.9. The molecule has 0 saturated carbocycles. The minimum atomic E-state index is -0.171. The molecule has 2 aromatic rings. The van der Waals surface area contributed by atoms with Crippen molar-refractivity contribution in [3.63, 3.8) is 0 Å². The van der Waals surface area contributed by atoms with Crippen LogP contribution in [0.15, 0.2) is 33.9 Å². The first kappa shape index (κ1) is 20.0. The first-order valence-corrected chi connectivity index (χ1v) is 9.66. The van der Waals surface area contributed by atoms with Gasteiger partial charge in [-0.05, 0) is 45.4 Å². The van der Waals surface area contributed by atoms with E-state index in [2.05, 4.69) is 46.9 Å². The monoisotopic (exact) mass is 376 g/mol. The summed E-state index contributed by atoms with van der Waals surface area (Å²) in [5.74, 6) is 0.988. The van der Waals surface area contributed by atoms with E-state index in [0.717, 1.165) is 30.9 Å². The van der Waals surface area contributed by atoms with Crippen molar-refractivity contribution in [2.75, 3.05) is 20.1 Å². The fourth-order valence-corrected chi connectivity index (χ4v) is 3.58. The van der Waals surface area contributed by atoms with Crippen molar-refractivity contribution in [1.82, 2.24) is 16.0 Å². The molecule has 2 aromatic heterocycles. The van der Waals surface area contributed by atoms with E-state index in [-0.39, 0.29) is 5.91 Å². The van der Waals surface area contributed by atoms with Gasteiger partial charge in [0.1, 0.15) is 0 Å². The Labute approximate surface area is 159 Å². The Morgan fingerprint density at radius 3 is 2.62 bits per heavy atom. The molecule has 3 N–H and O–H groups in total. The summed E-state index contributed by atoms with van der Waals surface area (Å²) in [5.41, 5.74) is 0.847. The fraction of sp³-hybridized carbons (Fsp3) is 0.474. The smallest absolute Gasteiger partial charge is 0.287 e. The summed E-state index contributed by atoms with van der Waals surface area (Å²) in [6, 6.07) is 6.40. The van der Waals surface area contributed by atoms with Gasteiger partial charge in [0.25, 0.3) is 5.91 Å². The lowest BCUT2D eigenvalue weighted by molar-refractivity contribution is 0.0925. The lowest BCUT2D eigenvalue weighted by Crippen LogP contribution is -2.43. The highest BCUT2D eigenvalue weighted by molar-refractivity contribution is 7.11. The maximum absolute atomic E-state index is 11.9. The first-order valence-electron chi connectivity index (χ1n) is 8.84. The number of furan rings is 1. The Balaban J connectivity index is 1.64. The molecule has 0 radical (unpaired) electrons. The lowest BCUT2D eigenvalue weighted by atomic mass is 10.2. The van der Waals surface area contributed by atoms with E-state index < -0.39 is 0 Å². The van der Waals surface area contributed by atoms with Gasteiger partial charge in [-0.1, -0.05) is 0 Å². The molecule has 0 aromatic carbocycles. The number of nitrogens with one attached hydrogen (secondary N) is 3. The molecule has 2 heterocycles. The molecule has 0 saturated heterocycles. The molecule has 0 aliphatic carbocycles. The number of carbonyl (C=O) groups excluding carboxylic acids is 1. The molecular weight excluding hydrogens is 348 g/mol. The molecule has 0 spiro atoms. The summed E-state index contributed by atoms with van der Waals surface area (Å²) < 4.78 is 5.18. The Hall–Kier alpha value is -2.28. The Bertz CT molecular complexity index is 735. The summed E-state index contributed by atoms with van der Waals surface area (Å²) >= 11 is 1.83. The number of aliphatic imine (C=N–C) groups is 1. The standard InChI is InChI=1S/C19H28N4O2S/c1-13-8-11-25-17(13)18(24)21-9-5-10-22-19(20-4)23-14(2)12-16-7-6-15(3)26-16/h6-8,11,14H,5,9-10,12H2,1-4H3,(H,21,24)(H2,20,22,23). The van der Waals surface area contributed by atoms with Gasteiger partial charge in [-0.25, -0.2) is 0 Å². The van der Waals surface area contributed by atoms with Gasteiger partial charge in [-0.2, -0.15) is 0 Å². The Kier molecular flexibility index (Phi) is 7.72. The first-order chi connectivity index (χ1) is 12.5. The van der Waals surface area contributed by atoms with Crippen LogP contribution in [0, 0.1) is 13.8 Å². The zero-order valence-electron chi connectivity index (χ0n) is 15.9. The number of carbonyl (C=O) groups is 1. The van der Waals surface area contributed by atoms with Gasteiger partial charge in [-0.3, -0.25) is 9.79 Å². The second kappa shape index (κ2) is 10.0. The second-order valence-electron chi connectivity index (χ2n) is 6.30. The van der Waals surface area contributed by atoms with Crippen molar-refractivity contribution < 1.29 is 9.21 Å². The molecule has 1 amide bonds. The summed E-state index contributed by atoms with van der Waals surface area (Å²) in [6.07, 6.45) is 3.29. The van der Waals surface area contributed by atoms with E-state index in [1.165, 1.54) is 16.0 Å². The number of amides is 1. The number of rotatable bonds is 8. The summed E-state index contributed by atoms with van der Waals surface area (Å²) in [4.78, 5) is 18.9. The Morgan fingerprint density at radius 2 is 2.00 bits per heavy atom. The van der Waals surface area contributed by atoms with E-state index in [9.17, 15) is 4.79 Å². The molecule has 0 bridgehead atoms. The highest BCUT2D eigenvalue weighted by Gasteiger charge is 2.11. The molecule has 0 aliphatic rings. The molecular formula is C19H28N4O2S. The third-order valence-electron chi connectivity index (χ3n) is 3.91. The molecule has 0 fully saturated rings. The maximum atomic E-state index is 11.9. The minimum absolute atomic E-state index is 0.171. The predicted octanol–water partition coefficient (Wildman–Crippen LogP) is 2.87. The van der Waals surface area contributed by atoms with E-state index in [0.29, 0.717) is 18.3 Å². The number of nitrogens with zero attached hydrogens (tertiary/aromatic N) is 1. The normalized spacial score (nSPS) is 12.7. The number of hydrogen-bond acceptors (Lipinski definition) is 4. The highest BCUT2D eigenvalue weighted by atomic mass is 32.1. The maximum Gasteiger partial charge on any atom is 0.287 e. The zero-order valence-corrected chi connectivity index (χ0v) is 16.7. The predicted molar refractivity (Wildman–Crippen MR) is 107 cm³/mol. The number of guanidine groups is 1. The average Bonchev–Trinajstić information content (AvgIpc) is 3.21. The molecule has 7 heteroatoms. The molecule has 2 rings (SSSR count). The van der Waals surface area contributed by atoms with Crippen LogP contribution in [0.1, 0.15) is 39.2 Å². The summed E-state index contributed by atoms with van der Waals surface area (Å²) in [5, 5.41) is 9.54. The van der Waals surface area contributed by atoms with Crippen molar-refractivity contribution in [3.05, 3.63) is 45.5 Å².